The van der Waals surface area contributed by atoms with Gasteiger partial charge in [0.25, 0.3) is 0 Å². The normalized spacial score (nSPS) is 21.6. The van der Waals surface area contributed by atoms with Crippen LogP contribution < -0.4 is 10.5 Å². The summed E-state index contributed by atoms with van der Waals surface area (Å²) in [4.78, 5) is 6.54. The smallest absolute Gasteiger partial charge is 0.202 e. The molecule has 2 bridgehead atoms. The molecule has 3 saturated heterocycles. The average Bonchev–Trinajstić information content (AvgIpc) is 3.56. The van der Waals surface area contributed by atoms with E-state index in [0.717, 1.165) is 48.3 Å². The zero-order valence-corrected chi connectivity index (χ0v) is 18.9. The molecule has 3 aromatic heterocycles. The lowest BCUT2D eigenvalue weighted by molar-refractivity contribution is -0.00977. The van der Waals surface area contributed by atoms with Gasteiger partial charge in [-0.2, -0.15) is 20.4 Å². The highest BCUT2D eigenvalue weighted by Gasteiger charge is 2.36. The molecule has 0 aliphatic carbocycles. The molecule has 0 saturated carbocycles. The molecule has 3 aliphatic rings. The Morgan fingerprint density at radius 2 is 1.94 bits per heavy atom. The van der Waals surface area contributed by atoms with Gasteiger partial charge in [-0.15, -0.1) is 5.10 Å². The Morgan fingerprint density at radius 1 is 1.09 bits per heavy atom. The van der Waals surface area contributed by atoms with Crippen LogP contribution in [0.1, 0.15) is 12.8 Å². The van der Waals surface area contributed by atoms with Crippen molar-refractivity contribution in [3.05, 3.63) is 52.9 Å². The molecule has 1 aromatic carbocycles. The first-order chi connectivity index (χ1) is 16.6. The number of tetrazole rings is 1. The molecule has 34 heavy (non-hydrogen) atoms. The minimum atomic E-state index is -1.09. The number of benzene rings is 1. The standard InChI is InChI=1S/C23H21F2N7OS/c24-20-17(1-2-18(21(20)25)33-19-11-31-6-3-13(19)4-7-31)32-23(28-29-30-32)16-9-15(10-27-22(16)26)14-5-8-34-12-14/h1-2,5,8-10,12-13,19H,3-4,6-7,11H2,(H2,26,27). The van der Waals surface area contributed by atoms with Gasteiger partial charge in [-0.1, -0.05) is 0 Å². The van der Waals surface area contributed by atoms with Crippen molar-refractivity contribution < 1.29 is 13.5 Å². The molecule has 3 fully saturated rings. The fourth-order valence-electron chi connectivity index (χ4n) is 4.74. The van der Waals surface area contributed by atoms with E-state index in [9.17, 15) is 0 Å². The van der Waals surface area contributed by atoms with Gasteiger partial charge in [0.2, 0.25) is 5.82 Å². The predicted octanol–water partition coefficient (Wildman–Crippen LogP) is 3.79. The van der Waals surface area contributed by atoms with Crippen molar-refractivity contribution in [2.75, 3.05) is 25.4 Å². The van der Waals surface area contributed by atoms with Gasteiger partial charge in [0.15, 0.2) is 17.4 Å². The number of halogens is 2. The number of hydrogen-bond acceptors (Lipinski definition) is 8. The zero-order chi connectivity index (χ0) is 23.2. The van der Waals surface area contributed by atoms with Crippen molar-refractivity contribution in [3.63, 3.8) is 0 Å². The summed E-state index contributed by atoms with van der Waals surface area (Å²) in [6.07, 6.45) is 3.54. The summed E-state index contributed by atoms with van der Waals surface area (Å²) in [6.45, 7) is 2.80. The van der Waals surface area contributed by atoms with Gasteiger partial charge in [-0.3, -0.25) is 4.90 Å². The second-order valence-corrected chi connectivity index (χ2v) is 9.37. The lowest BCUT2D eigenvalue weighted by Crippen LogP contribution is -2.52. The van der Waals surface area contributed by atoms with Crippen molar-refractivity contribution in [2.24, 2.45) is 5.92 Å². The molecule has 8 nitrogen and oxygen atoms in total. The van der Waals surface area contributed by atoms with Gasteiger partial charge < -0.3 is 10.5 Å². The first-order valence-corrected chi connectivity index (χ1v) is 12.0. The Morgan fingerprint density at radius 3 is 2.68 bits per heavy atom. The number of nitrogens with zero attached hydrogens (tertiary/aromatic N) is 6. The van der Waals surface area contributed by atoms with Crippen LogP contribution >= 0.6 is 11.3 Å². The molecule has 4 aromatic rings. The monoisotopic (exact) mass is 481 g/mol. The van der Waals surface area contributed by atoms with Crippen molar-refractivity contribution >= 4 is 17.2 Å². The summed E-state index contributed by atoms with van der Waals surface area (Å²) in [6, 6.07) is 6.58. The third-order valence-corrected chi connectivity index (χ3v) is 7.30. The number of rotatable bonds is 5. The van der Waals surface area contributed by atoms with Crippen molar-refractivity contribution in [3.8, 4) is 34.0 Å². The molecule has 174 valence electrons. The Kier molecular flexibility index (Phi) is 5.22. The van der Waals surface area contributed by atoms with E-state index in [4.69, 9.17) is 10.5 Å². The SMILES string of the molecule is Nc1ncc(-c2ccsc2)cc1-c1nnnn1-c1ccc(OC2CN3CCC2CC3)c(F)c1F. The molecular formula is C23H21F2N7OS. The van der Waals surface area contributed by atoms with Crippen LogP contribution in [-0.2, 0) is 0 Å². The number of anilines is 1. The summed E-state index contributed by atoms with van der Waals surface area (Å²) in [5, 5.41) is 15.5. The molecule has 0 spiro atoms. The summed E-state index contributed by atoms with van der Waals surface area (Å²) >= 11 is 1.55. The fourth-order valence-corrected chi connectivity index (χ4v) is 5.41. The second-order valence-electron chi connectivity index (χ2n) is 8.59. The highest BCUT2D eigenvalue weighted by Crippen LogP contribution is 2.35. The quantitative estimate of drug-likeness (QED) is 0.463. The van der Waals surface area contributed by atoms with Gasteiger partial charge >= 0.3 is 0 Å². The Hall–Kier alpha value is -3.44. The van der Waals surface area contributed by atoms with Crippen LogP contribution in [0.25, 0.3) is 28.2 Å². The number of piperidine rings is 3. The van der Waals surface area contributed by atoms with E-state index in [1.165, 1.54) is 12.1 Å². The topological polar surface area (TPSA) is 95.0 Å². The summed E-state index contributed by atoms with van der Waals surface area (Å²) in [7, 11) is 0. The summed E-state index contributed by atoms with van der Waals surface area (Å²) in [5.74, 6) is -1.55. The van der Waals surface area contributed by atoms with Gasteiger partial charge in [-0.05, 0) is 82.9 Å². The highest BCUT2D eigenvalue weighted by molar-refractivity contribution is 7.08. The molecule has 0 radical (unpaired) electrons. The number of hydrogen-bond donors (Lipinski definition) is 1. The molecule has 1 atom stereocenters. The predicted molar refractivity (Wildman–Crippen MR) is 124 cm³/mol. The van der Waals surface area contributed by atoms with Crippen LogP contribution in [0.3, 0.4) is 0 Å². The maximum Gasteiger partial charge on any atom is 0.202 e. The number of fused-ring (bicyclic) bond motifs is 3. The van der Waals surface area contributed by atoms with Gasteiger partial charge in [0, 0.05) is 18.3 Å². The number of aromatic nitrogens is 5. The van der Waals surface area contributed by atoms with Crippen LogP contribution in [0.5, 0.6) is 5.75 Å². The number of nitrogen functional groups attached to an aromatic ring is 1. The van der Waals surface area contributed by atoms with E-state index in [0.29, 0.717) is 11.5 Å². The Balaban J connectivity index is 1.34. The van der Waals surface area contributed by atoms with Crippen LogP contribution in [-0.4, -0.2) is 55.8 Å². The van der Waals surface area contributed by atoms with Gasteiger partial charge in [-0.25, -0.2) is 9.37 Å². The molecule has 3 aliphatic heterocycles. The van der Waals surface area contributed by atoms with E-state index in [2.05, 4.69) is 25.4 Å². The maximum absolute atomic E-state index is 15.2. The lowest BCUT2D eigenvalue weighted by Gasteiger charge is -2.44. The van der Waals surface area contributed by atoms with E-state index >= 15 is 8.78 Å². The number of pyridine rings is 1. The summed E-state index contributed by atoms with van der Waals surface area (Å²) < 4.78 is 37.4. The average molecular weight is 482 g/mol. The molecule has 1 unspecified atom stereocenters. The molecule has 7 rings (SSSR count). The molecular weight excluding hydrogens is 460 g/mol. The van der Waals surface area contributed by atoms with E-state index < -0.39 is 11.6 Å². The number of nitrogens with two attached hydrogens (primary N) is 1. The lowest BCUT2D eigenvalue weighted by atomic mass is 9.86. The van der Waals surface area contributed by atoms with Crippen molar-refractivity contribution in [1.29, 1.82) is 0 Å². The molecule has 6 heterocycles. The fraction of sp³-hybridized carbons (Fsp3) is 0.304. The van der Waals surface area contributed by atoms with Crippen LogP contribution in [0.15, 0.2) is 41.2 Å². The van der Waals surface area contributed by atoms with Crippen molar-refractivity contribution in [2.45, 2.75) is 18.9 Å². The first kappa shape index (κ1) is 21.1. The van der Waals surface area contributed by atoms with Crippen LogP contribution in [0, 0.1) is 17.6 Å². The third kappa shape index (κ3) is 3.61. The van der Waals surface area contributed by atoms with Crippen LogP contribution in [0.2, 0.25) is 0 Å². The number of ether oxygens (including phenoxy) is 1. The van der Waals surface area contributed by atoms with Gasteiger partial charge in [0.05, 0.1) is 5.56 Å². The van der Waals surface area contributed by atoms with Crippen molar-refractivity contribution in [1.82, 2.24) is 30.1 Å². The summed E-state index contributed by atoms with van der Waals surface area (Å²) in [5.41, 5.74) is 8.15. The third-order valence-electron chi connectivity index (χ3n) is 6.61. The van der Waals surface area contributed by atoms with E-state index in [1.54, 1.807) is 23.6 Å². The maximum atomic E-state index is 15.2. The van der Waals surface area contributed by atoms with Crippen LogP contribution in [0.4, 0.5) is 14.6 Å². The Labute approximate surface area is 198 Å². The molecule has 11 heteroatoms. The zero-order valence-electron chi connectivity index (χ0n) is 18.1. The first-order valence-electron chi connectivity index (χ1n) is 11.0. The van der Waals surface area contributed by atoms with Gasteiger partial charge in [0.1, 0.15) is 17.6 Å². The minimum absolute atomic E-state index is 0.102. The second kappa shape index (κ2) is 8.41. The largest absolute Gasteiger partial charge is 0.486 e. The molecule has 0 amide bonds. The van der Waals surface area contributed by atoms with E-state index in [1.807, 2.05) is 16.8 Å². The highest BCUT2D eigenvalue weighted by atomic mass is 32.1. The molecule has 2 N–H and O–H groups in total. The minimum Gasteiger partial charge on any atom is -0.486 e. The van der Waals surface area contributed by atoms with E-state index in [-0.39, 0.29) is 29.2 Å². The Bertz CT molecular complexity index is 1340. The number of thiophene rings is 1.